The van der Waals surface area contributed by atoms with E-state index in [0.29, 0.717) is 13.2 Å². The molecule has 90 valence electrons. The number of benzene rings is 1. The highest BCUT2D eigenvalue weighted by Gasteiger charge is 2.01. The van der Waals surface area contributed by atoms with Crippen molar-refractivity contribution in [3.63, 3.8) is 0 Å². The summed E-state index contributed by atoms with van der Waals surface area (Å²) in [4.78, 5) is 4.47. The Bertz CT molecular complexity index is 299. The molecule has 0 heterocycles. The first-order valence-electron chi connectivity index (χ1n) is 4.99. The monoisotopic (exact) mass is 351 g/mol. The van der Waals surface area contributed by atoms with Crippen LogP contribution in [0.3, 0.4) is 0 Å². The Kier molecular flexibility index (Phi) is 7.03. The zero-order valence-electron chi connectivity index (χ0n) is 8.92. The number of hydrogen-bond donors (Lipinski definition) is 1. The van der Waals surface area contributed by atoms with E-state index in [9.17, 15) is 0 Å². The molecule has 3 nitrogen and oxygen atoms in total. The Morgan fingerprint density at radius 3 is 2.12 bits per heavy atom. The van der Waals surface area contributed by atoms with Gasteiger partial charge in [-0.25, -0.2) is 5.90 Å². The van der Waals surface area contributed by atoms with Crippen molar-refractivity contribution in [2.24, 2.45) is 5.90 Å². The summed E-state index contributed by atoms with van der Waals surface area (Å²) in [6.45, 7) is 1.13. The van der Waals surface area contributed by atoms with Gasteiger partial charge in [-0.05, 0) is 23.3 Å². The van der Waals surface area contributed by atoms with Crippen LogP contribution in [0.25, 0.3) is 0 Å². The smallest absolute Gasteiger partial charge is 0.119 e. The molecule has 0 bridgehead atoms. The molecule has 0 amide bonds. The molecule has 0 spiro atoms. The van der Waals surface area contributed by atoms with Crippen LogP contribution in [0.1, 0.15) is 17.5 Å². The minimum absolute atomic E-state index is 0.517. The number of rotatable bonds is 7. The van der Waals surface area contributed by atoms with E-state index in [2.05, 4.69) is 42.8 Å². The van der Waals surface area contributed by atoms with E-state index in [4.69, 9.17) is 10.6 Å². The summed E-state index contributed by atoms with van der Waals surface area (Å²) in [5.41, 5.74) is 2.42. The minimum atomic E-state index is 0.517. The predicted molar refractivity (Wildman–Crippen MR) is 72.0 cm³/mol. The largest absolute Gasteiger partial charge is 0.493 e. The molecule has 0 unspecified atom stereocenters. The molecule has 0 radical (unpaired) electrons. The van der Waals surface area contributed by atoms with Gasteiger partial charge in [-0.15, -0.1) is 0 Å². The van der Waals surface area contributed by atoms with E-state index in [0.717, 1.165) is 22.8 Å². The summed E-state index contributed by atoms with van der Waals surface area (Å²) >= 11 is 6.88. The fourth-order valence-electron chi connectivity index (χ4n) is 1.30. The number of ether oxygens (including phenoxy) is 1. The lowest BCUT2D eigenvalue weighted by atomic mass is 10.1. The van der Waals surface area contributed by atoms with E-state index in [1.165, 1.54) is 11.1 Å². The molecule has 0 aliphatic carbocycles. The second-order valence-electron chi connectivity index (χ2n) is 3.33. The summed E-state index contributed by atoms with van der Waals surface area (Å²) in [5.74, 6) is 5.82. The molecular weight excluding hydrogens is 338 g/mol. The zero-order valence-corrected chi connectivity index (χ0v) is 12.1. The van der Waals surface area contributed by atoms with Gasteiger partial charge in [-0.1, -0.05) is 37.9 Å². The van der Waals surface area contributed by atoms with Gasteiger partial charge >= 0.3 is 0 Å². The van der Waals surface area contributed by atoms with Gasteiger partial charge in [0.05, 0.1) is 13.2 Å². The molecule has 0 aromatic heterocycles. The third-order valence-electron chi connectivity index (χ3n) is 2.01. The first kappa shape index (κ1) is 14.0. The lowest BCUT2D eigenvalue weighted by Crippen LogP contribution is -2.06. The van der Waals surface area contributed by atoms with Crippen molar-refractivity contribution in [2.75, 3.05) is 13.2 Å². The van der Waals surface area contributed by atoms with Crippen molar-refractivity contribution in [3.05, 3.63) is 29.3 Å². The van der Waals surface area contributed by atoms with E-state index in [1.807, 2.05) is 12.1 Å². The fraction of sp³-hybridized carbons (Fsp3) is 0.455. The number of halogens is 2. The summed E-state index contributed by atoms with van der Waals surface area (Å²) in [7, 11) is 0. The van der Waals surface area contributed by atoms with E-state index < -0.39 is 0 Å². The third-order valence-corrected chi connectivity index (χ3v) is 3.30. The molecule has 0 aliphatic heterocycles. The van der Waals surface area contributed by atoms with Crippen LogP contribution in [0.4, 0.5) is 0 Å². The highest BCUT2D eigenvalue weighted by atomic mass is 79.9. The quantitative estimate of drug-likeness (QED) is 0.465. The SMILES string of the molecule is NOCCCOc1cc(CBr)cc(CBr)c1. The molecule has 5 heteroatoms. The first-order chi connectivity index (χ1) is 7.80. The maximum absolute atomic E-state index is 5.62. The lowest BCUT2D eigenvalue weighted by Gasteiger charge is -2.09. The van der Waals surface area contributed by atoms with Crippen LogP contribution < -0.4 is 10.6 Å². The van der Waals surface area contributed by atoms with Crippen molar-refractivity contribution in [3.8, 4) is 5.75 Å². The molecule has 0 aliphatic rings. The van der Waals surface area contributed by atoms with E-state index >= 15 is 0 Å². The summed E-state index contributed by atoms with van der Waals surface area (Å²) in [5, 5.41) is 1.66. The van der Waals surface area contributed by atoms with Crippen molar-refractivity contribution < 1.29 is 9.57 Å². The Morgan fingerprint density at radius 2 is 1.62 bits per heavy atom. The summed E-state index contributed by atoms with van der Waals surface area (Å²) in [6, 6.07) is 6.20. The molecule has 16 heavy (non-hydrogen) atoms. The topological polar surface area (TPSA) is 44.5 Å². The van der Waals surface area contributed by atoms with Crippen LogP contribution in [-0.4, -0.2) is 13.2 Å². The van der Waals surface area contributed by atoms with Crippen LogP contribution in [0, 0.1) is 0 Å². The Balaban J connectivity index is 2.57. The highest BCUT2D eigenvalue weighted by Crippen LogP contribution is 2.21. The average molecular weight is 353 g/mol. The maximum atomic E-state index is 5.62. The standard InChI is InChI=1S/C11H15Br2NO2/c12-7-9-4-10(8-13)6-11(5-9)15-2-1-3-16-14/h4-6H,1-3,7-8,14H2. The summed E-state index contributed by atoms with van der Waals surface area (Å²) < 4.78 is 5.62. The molecule has 0 fully saturated rings. The van der Waals surface area contributed by atoms with Crippen LogP contribution in [0.2, 0.25) is 0 Å². The Morgan fingerprint density at radius 1 is 1.00 bits per heavy atom. The molecule has 2 N–H and O–H groups in total. The molecule has 0 saturated carbocycles. The first-order valence-corrected chi connectivity index (χ1v) is 7.23. The number of hydrogen-bond acceptors (Lipinski definition) is 3. The van der Waals surface area contributed by atoms with Gasteiger partial charge in [-0.3, -0.25) is 0 Å². The molecule has 0 saturated heterocycles. The van der Waals surface area contributed by atoms with Crippen LogP contribution in [0.5, 0.6) is 5.75 Å². The van der Waals surface area contributed by atoms with Gasteiger partial charge in [-0.2, -0.15) is 0 Å². The van der Waals surface area contributed by atoms with Gasteiger partial charge in [0.1, 0.15) is 5.75 Å². The van der Waals surface area contributed by atoms with E-state index in [-0.39, 0.29) is 0 Å². The molecule has 1 aromatic carbocycles. The molecule has 1 aromatic rings. The van der Waals surface area contributed by atoms with Gasteiger partial charge < -0.3 is 9.57 Å². The van der Waals surface area contributed by atoms with Crippen molar-refractivity contribution in [1.82, 2.24) is 0 Å². The molecule has 1 rings (SSSR count). The van der Waals surface area contributed by atoms with Crippen LogP contribution >= 0.6 is 31.9 Å². The minimum Gasteiger partial charge on any atom is -0.493 e. The van der Waals surface area contributed by atoms with Gasteiger partial charge in [0, 0.05) is 17.1 Å². The zero-order chi connectivity index (χ0) is 11.8. The van der Waals surface area contributed by atoms with E-state index in [1.54, 1.807) is 0 Å². The number of nitrogens with two attached hydrogens (primary N) is 1. The Hall–Kier alpha value is -0.100. The van der Waals surface area contributed by atoms with Crippen molar-refractivity contribution in [2.45, 2.75) is 17.1 Å². The van der Waals surface area contributed by atoms with Crippen molar-refractivity contribution >= 4 is 31.9 Å². The van der Waals surface area contributed by atoms with Crippen LogP contribution in [-0.2, 0) is 15.5 Å². The predicted octanol–water partition coefficient (Wildman–Crippen LogP) is 3.14. The lowest BCUT2D eigenvalue weighted by molar-refractivity contribution is 0.122. The average Bonchev–Trinajstić information content (AvgIpc) is 2.34. The van der Waals surface area contributed by atoms with Crippen LogP contribution in [0.15, 0.2) is 18.2 Å². The fourth-order valence-corrected chi connectivity index (χ4v) is 1.95. The van der Waals surface area contributed by atoms with Gasteiger partial charge in [0.2, 0.25) is 0 Å². The highest BCUT2D eigenvalue weighted by molar-refractivity contribution is 9.08. The number of alkyl halides is 2. The Labute approximate surface area is 113 Å². The summed E-state index contributed by atoms with van der Waals surface area (Å²) in [6.07, 6.45) is 0.790. The normalized spacial score (nSPS) is 10.4. The second-order valence-corrected chi connectivity index (χ2v) is 4.45. The second kappa shape index (κ2) is 8.06. The third kappa shape index (κ3) is 4.82. The van der Waals surface area contributed by atoms with Gasteiger partial charge in [0.25, 0.3) is 0 Å². The van der Waals surface area contributed by atoms with Gasteiger partial charge in [0.15, 0.2) is 0 Å². The molecule has 0 atom stereocenters. The maximum Gasteiger partial charge on any atom is 0.119 e. The van der Waals surface area contributed by atoms with Crippen molar-refractivity contribution in [1.29, 1.82) is 0 Å². The molecular formula is C11H15Br2NO2.